The van der Waals surface area contributed by atoms with Crippen molar-refractivity contribution in [3.05, 3.63) is 24.2 Å². The number of esters is 1. The van der Waals surface area contributed by atoms with E-state index in [1.165, 1.54) is 31.9 Å². The first-order valence-corrected chi connectivity index (χ1v) is 9.21. The molecule has 0 saturated carbocycles. The van der Waals surface area contributed by atoms with Gasteiger partial charge < -0.3 is 14.1 Å². The summed E-state index contributed by atoms with van der Waals surface area (Å²) in [5.74, 6) is 0.0809. The van der Waals surface area contributed by atoms with Crippen LogP contribution < -0.4 is 0 Å². The molecule has 1 saturated heterocycles. The fourth-order valence-corrected chi connectivity index (χ4v) is 3.05. The molecule has 1 aliphatic rings. The van der Waals surface area contributed by atoms with Crippen molar-refractivity contribution in [3.8, 4) is 0 Å². The number of rotatable bonds is 9. The number of nitrogens with zero attached hydrogens (tertiary/aromatic N) is 1. The smallest absolute Gasteiger partial charge is 0.309 e. The number of hydrogen-bond donors (Lipinski definition) is 0. The summed E-state index contributed by atoms with van der Waals surface area (Å²) in [6.07, 6.45) is 9.94. The molecule has 0 spiro atoms. The summed E-state index contributed by atoms with van der Waals surface area (Å²) in [6.45, 7) is 3.89. The average Bonchev–Trinajstić information content (AvgIpc) is 3.15. The maximum Gasteiger partial charge on any atom is 0.309 e. The second kappa shape index (κ2) is 10.2. The Labute approximate surface area is 144 Å². The molecule has 0 aliphatic carbocycles. The van der Waals surface area contributed by atoms with Crippen LogP contribution in [-0.4, -0.2) is 36.5 Å². The molecule has 1 fully saturated rings. The van der Waals surface area contributed by atoms with Gasteiger partial charge in [0.25, 0.3) is 5.91 Å². The fraction of sp³-hybridized carbons (Fsp3) is 0.684. The van der Waals surface area contributed by atoms with Gasteiger partial charge in [-0.15, -0.1) is 0 Å². The van der Waals surface area contributed by atoms with E-state index in [1.54, 1.807) is 17.0 Å². The molecule has 2 rings (SSSR count). The molecule has 2 heterocycles. The Morgan fingerprint density at radius 3 is 2.54 bits per heavy atom. The van der Waals surface area contributed by atoms with Gasteiger partial charge in [-0.3, -0.25) is 9.59 Å². The van der Waals surface area contributed by atoms with E-state index in [9.17, 15) is 9.59 Å². The number of likely N-dealkylation sites (tertiary alicyclic amines) is 1. The molecule has 24 heavy (non-hydrogen) atoms. The molecule has 134 valence electrons. The van der Waals surface area contributed by atoms with Crippen molar-refractivity contribution in [2.45, 2.75) is 58.3 Å². The Morgan fingerprint density at radius 1 is 1.17 bits per heavy atom. The standard InChI is InChI=1S/C19H29NO4/c1-2-3-4-5-6-7-14-24-19(22)16-10-12-20(13-11-16)18(21)17-9-8-15-23-17/h8-9,15-16H,2-7,10-14H2,1H3. The Balaban J connectivity index is 1.60. The van der Waals surface area contributed by atoms with Crippen molar-refractivity contribution < 1.29 is 18.7 Å². The lowest BCUT2D eigenvalue weighted by molar-refractivity contribution is -0.150. The van der Waals surface area contributed by atoms with Crippen molar-refractivity contribution in [1.29, 1.82) is 0 Å². The molecule has 0 atom stereocenters. The lowest BCUT2D eigenvalue weighted by Gasteiger charge is -2.30. The van der Waals surface area contributed by atoms with Crippen LogP contribution in [0.15, 0.2) is 22.8 Å². The Hall–Kier alpha value is -1.78. The lowest BCUT2D eigenvalue weighted by atomic mass is 9.97. The van der Waals surface area contributed by atoms with Crippen LogP contribution in [0, 0.1) is 5.92 Å². The Kier molecular flexibility index (Phi) is 7.86. The largest absolute Gasteiger partial charge is 0.465 e. The number of ether oxygens (including phenoxy) is 1. The monoisotopic (exact) mass is 335 g/mol. The highest BCUT2D eigenvalue weighted by Gasteiger charge is 2.29. The molecule has 0 bridgehead atoms. The Bertz CT molecular complexity index is 489. The van der Waals surface area contributed by atoms with E-state index < -0.39 is 0 Å². The molecule has 0 N–H and O–H groups in total. The summed E-state index contributed by atoms with van der Waals surface area (Å²) in [4.78, 5) is 26.0. The predicted octanol–water partition coefficient (Wildman–Crippen LogP) is 4.04. The van der Waals surface area contributed by atoms with Crippen LogP contribution in [-0.2, 0) is 9.53 Å². The van der Waals surface area contributed by atoms with Gasteiger partial charge in [-0.1, -0.05) is 39.0 Å². The first-order valence-electron chi connectivity index (χ1n) is 9.21. The number of carbonyl (C=O) groups excluding carboxylic acids is 2. The van der Waals surface area contributed by atoms with Crippen molar-refractivity contribution in [1.82, 2.24) is 4.90 Å². The van der Waals surface area contributed by atoms with Crippen LogP contribution >= 0.6 is 0 Å². The Morgan fingerprint density at radius 2 is 1.88 bits per heavy atom. The minimum atomic E-state index is -0.103. The molecule has 1 aromatic heterocycles. The SMILES string of the molecule is CCCCCCCCOC(=O)C1CCN(C(=O)c2ccco2)CC1. The molecule has 0 radical (unpaired) electrons. The number of carbonyl (C=O) groups is 2. The van der Waals surface area contributed by atoms with Gasteiger partial charge >= 0.3 is 5.97 Å². The van der Waals surface area contributed by atoms with Crippen LogP contribution in [0.1, 0.15) is 68.8 Å². The second-order valence-corrected chi connectivity index (χ2v) is 6.48. The highest BCUT2D eigenvalue weighted by Crippen LogP contribution is 2.20. The van der Waals surface area contributed by atoms with Crippen LogP contribution in [0.3, 0.4) is 0 Å². The summed E-state index contributed by atoms with van der Waals surface area (Å²) >= 11 is 0. The molecule has 1 amide bonds. The lowest BCUT2D eigenvalue weighted by Crippen LogP contribution is -2.40. The maximum absolute atomic E-state index is 12.2. The second-order valence-electron chi connectivity index (χ2n) is 6.48. The summed E-state index contributed by atoms with van der Waals surface area (Å²) in [6, 6.07) is 3.38. The van der Waals surface area contributed by atoms with E-state index in [2.05, 4.69) is 6.92 Å². The topological polar surface area (TPSA) is 59.8 Å². The van der Waals surface area contributed by atoms with Gasteiger partial charge in [0, 0.05) is 13.1 Å². The summed E-state index contributed by atoms with van der Waals surface area (Å²) in [7, 11) is 0. The number of hydrogen-bond acceptors (Lipinski definition) is 4. The molecule has 1 aromatic rings. The molecule has 5 nitrogen and oxygen atoms in total. The molecular formula is C19H29NO4. The summed E-state index contributed by atoms with van der Waals surface area (Å²) in [5, 5.41) is 0. The number of furan rings is 1. The molecule has 0 aromatic carbocycles. The zero-order chi connectivity index (χ0) is 17.2. The molecule has 5 heteroatoms. The fourth-order valence-electron chi connectivity index (χ4n) is 3.05. The summed E-state index contributed by atoms with van der Waals surface area (Å²) < 4.78 is 10.5. The van der Waals surface area contributed by atoms with Gasteiger partial charge in [-0.25, -0.2) is 0 Å². The average molecular weight is 335 g/mol. The number of unbranched alkanes of at least 4 members (excludes halogenated alkanes) is 5. The zero-order valence-corrected chi connectivity index (χ0v) is 14.7. The van der Waals surface area contributed by atoms with E-state index in [0.29, 0.717) is 38.3 Å². The van der Waals surface area contributed by atoms with Crippen molar-refractivity contribution in [2.75, 3.05) is 19.7 Å². The number of amides is 1. The predicted molar refractivity (Wildman–Crippen MR) is 91.7 cm³/mol. The van der Waals surface area contributed by atoms with Gasteiger partial charge in [0.15, 0.2) is 5.76 Å². The molecule has 0 unspecified atom stereocenters. The van der Waals surface area contributed by atoms with E-state index >= 15 is 0 Å². The minimum Gasteiger partial charge on any atom is -0.465 e. The highest BCUT2D eigenvalue weighted by molar-refractivity contribution is 5.91. The van der Waals surface area contributed by atoms with Gasteiger partial charge in [-0.05, 0) is 31.4 Å². The van der Waals surface area contributed by atoms with Crippen LogP contribution in [0.2, 0.25) is 0 Å². The van der Waals surface area contributed by atoms with E-state index in [-0.39, 0.29) is 17.8 Å². The van der Waals surface area contributed by atoms with E-state index in [0.717, 1.165) is 12.8 Å². The van der Waals surface area contributed by atoms with Gasteiger partial charge in [-0.2, -0.15) is 0 Å². The normalized spacial score (nSPS) is 15.5. The first kappa shape index (κ1) is 18.6. The third-order valence-corrected chi connectivity index (χ3v) is 4.59. The van der Waals surface area contributed by atoms with E-state index in [4.69, 9.17) is 9.15 Å². The molecular weight excluding hydrogens is 306 g/mol. The van der Waals surface area contributed by atoms with E-state index in [1.807, 2.05) is 0 Å². The third kappa shape index (κ3) is 5.69. The van der Waals surface area contributed by atoms with Crippen LogP contribution in [0.5, 0.6) is 0 Å². The van der Waals surface area contributed by atoms with Crippen molar-refractivity contribution in [2.24, 2.45) is 5.92 Å². The van der Waals surface area contributed by atoms with Crippen molar-refractivity contribution in [3.63, 3.8) is 0 Å². The maximum atomic E-state index is 12.2. The van der Waals surface area contributed by atoms with Crippen LogP contribution in [0.25, 0.3) is 0 Å². The number of piperidine rings is 1. The summed E-state index contributed by atoms with van der Waals surface area (Å²) in [5.41, 5.74) is 0. The van der Waals surface area contributed by atoms with Gasteiger partial charge in [0.1, 0.15) is 0 Å². The first-order chi connectivity index (χ1) is 11.7. The highest BCUT2D eigenvalue weighted by atomic mass is 16.5. The van der Waals surface area contributed by atoms with Crippen molar-refractivity contribution >= 4 is 11.9 Å². The zero-order valence-electron chi connectivity index (χ0n) is 14.7. The molecule has 1 aliphatic heterocycles. The van der Waals surface area contributed by atoms with Gasteiger partial charge in [0.05, 0.1) is 18.8 Å². The van der Waals surface area contributed by atoms with Crippen LogP contribution in [0.4, 0.5) is 0 Å². The minimum absolute atomic E-state index is 0.0780. The van der Waals surface area contributed by atoms with Gasteiger partial charge in [0.2, 0.25) is 0 Å². The quantitative estimate of drug-likeness (QED) is 0.505. The third-order valence-electron chi connectivity index (χ3n) is 4.59.